The summed E-state index contributed by atoms with van der Waals surface area (Å²) in [7, 11) is 0. The minimum atomic E-state index is -0.429. The van der Waals surface area contributed by atoms with Crippen molar-refractivity contribution in [1.82, 2.24) is 10.6 Å². The van der Waals surface area contributed by atoms with Crippen LogP contribution in [0.2, 0.25) is 0 Å². The van der Waals surface area contributed by atoms with E-state index < -0.39 is 4.92 Å². The van der Waals surface area contributed by atoms with Gasteiger partial charge in [-0.3, -0.25) is 14.9 Å². The molecular formula is C14H21N3O3. The summed E-state index contributed by atoms with van der Waals surface area (Å²) in [6, 6.07) is 6.28. The summed E-state index contributed by atoms with van der Waals surface area (Å²) in [5, 5.41) is 16.5. The Balaban J connectivity index is 2.44. The third kappa shape index (κ3) is 5.36. The van der Waals surface area contributed by atoms with E-state index in [1.54, 1.807) is 12.1 Å². The molecule has 0 bridgehead atoms. The Bertz CT molecular complexity index is 457. The van der Waals surface area contributed by atoms with Crippen molar-refractivity contribution in [1.29, 1.82) is 0 Å². The highest BCUT2D eigenvalue weighted by Gasteiger charge is 2.10. The number of non-ortho nitro benzene ring substituents is 1. The average molecular weight is 279 g/mol. The number of nitrogens with one attached hydrogen (secondary N) is 2. The highest BCUT2D eigenvalue weighted by atomic mass is 16.6. The fraction of sp³-hybridized carbons (Fsp3) is 0.500. The summed E-state index contributed by atoms with van der Waals surface area (Å²) in [4.78, 5) is 21.7. The molecule has 110 valence electrons. The van der Waals surface area contributed by atoms with Gasteiger partial charge >= 0.3 is 0 Å². The van der Waals surface area contributed by atoms with E-state index in [0.29, 0.717) is 12.5 Å². The molecule has 0 fully saturated rings. The van der Waals surface area contributed by atoms with Gasteiger partial charge in [0, 0.05) is 24.7 Å². The molecule has 0 aromatic heterocycles. The molecule has 1 rings (SSSR count). The van der Waals surface area contributed by atoms with Crippen LogP contribution in [0.3, 0.4) is 0 Å². The van der Waals surface area contributed by atoms with Crippen molar-refractivity contribution >= 4 is 11.6 Å². The molecular weight excluding hydrogens is 258 g/mol. The third-order valence-corrected chi connectivity index (χ3v) is 2.88. The largest absolute Gasteiger partial charge is 0.355 e. The number of rotatable bonds is 7. The van der Waals surface area contributed by atoms with Crippen LogP contribution in [0.25, 0.3) is 0 Å². The van der Waals surface area contributed by atoms with E-state index >= 15 is 0 Å². The summed E-state index contributed by atoms with van der Waals surface area (Å²) in [6.07, 6.45) is 0. The number of nitro benzene ring substituents is 1. The van der Waals surface area contributed by atoms with Gasteiger partial charge in [0.15, 0.2) is 0 Å². The lowest BCUT2D eigenvalue weighted by atomic mass is 10.1. The molecule has 1 atom stereocenters. The van der Waals surface area contributed by atoms with Crippen LogP contribution in [0.4, 0.5) is 5.69 Å². The summed E-state index contributed by atoms with van der Waals surface area (Å²) < 4.78 is 0. The topological polar surface area (TPSA) is 84.3 Å². The standard InChI is InChI=1S/C14H21N3O3/c1-10(2)8-16-14(18)9-15-11(3)12-4-6-13(7-5-12)17(19)20/h4-7,10-11,15H,8-9H2,1-3H3,(H,16,18). The van der Waals surface area contributed by atoms with E-state index in [2.05, 4.69) is 10.6 Å². The SMILES string of the molecule is CC(C)CNC(=O)CNC(C)c1ccc([N+](=O)[O-])cc1. The second-order valence-electron chi connectivity index (χ2n) is 5.15. The molecule has 1 aromatic carbocycles. The molecule has 0 heterocycles. The Morgan fingerprint density at radius 1 is 1.25 bits per heavy atom. The molecule has 0 saturated heterocycles. The van der Waals surface area contributed by atoms with Gasteiger partial charge in [0.1, 0.15) is 0 Å². The molecule has 0 spiro atoms. The average Bonchev–Trinajstić information content (AvgIpc) is 2.42. The highest BCUT2D eigenvalue weighted by Crippen LogP contribution is 2.17. The second kappa shape index (κ2) is 7.59. The quantitative estimate of drug-likeness (QED) is 0.590. The lowest BCUT2D eigenvalue weighted by molar-refractivity contribution is -0.384. The molecule has 1 amide bonds. The van der Waals surface area contributed by atoms with Gasteiger partial charge in [0.2, 0.25) is 5.91 Å². The van der Waals surface area contributed by atoms with Gasteiger partial charge < -0.3 is 10.6 Å². The Morgan fingerprint density at radius 2 is 1.85 bits per heavy atom. The predicted octanol–water partition coefficient (Wildman–Crippen LogP) is 2.02. The molecule has 0 aliphatic heterocycles. The van der Waals surface area contributed by atoms with E-state index in [0.717, 1.165) is 5.56 Å². The molecule has 0 saturated carbocycles. The van der Waals surface area contributed by atoms with Crippen molar-refractivity contribution in [3.63, 3.8) is 0 Å². The van der Waals surface area contributed by atoms with Gasteiger partial charge in [0.05, 0.1) is 11.5 Å². The highest BCUT2D eigenvalue weighted by molar-refractivity contribution is 5.78. The first-order valence-corrected chi connectivity index (χ1v) is 6.64. The minimum Gasteiger partial charge on any atom is -0.355 e. The summed E-state index contributed by atoms with van der Waals surface area (Å²) in [5.41, 5.74) is 0.975. The Kier molecular flexibility index (Phi) is 6.11. The van der Waals surface area contributed by atoms with Crippen LogP contribution < -0.4 is 10.6 Å². The van der Waals surface area contributed by atoms with Crippen molar-refractivity contribution in [2.24, 2.45) is 5.92 Å². The van der Waals surface area contributed by atoms with Crippen molar-refractivity contribution < 1.29 is 9.72 Å². The monoisotopic (exact) mass is 279 g/mol. The number of nitrogens with zero attached hydrogens (tertiary/aromatic N) is 1. The smallest absolute Gasteiger partial charge is 0.269 e. The van der Waals surface area contributed by atoms with Gasteiger partial charge in [-0.1, -0.05) is 26.0 Å². The third-order valence-electron chi connectivity index (χ3n) is 2.88. The number of benzene rings is 1. The first-order chi connectivity index (χ1) is 9.40. The van der Waals surface area contributed by atoms with E-state index in [1.807, 2.05) is 20.8 Å². The normalized spacial score (nSPS) is 12.2. The predicted molar refractivity (Wildman–Crippen MR) is 77.4 cm³/mol. The fourth-order valence-corrected chi connectivity index (χ4v) is 1.63. The minimum absolute atomic E-state index is 0.0411. The van der Waals surface area contributed by atoms with Crippen LogP contribution in [-0.2, 0) is 4.79 Å². The maximum absolute atomic E-state index is 11.6. The maximum Gasteiger partial charge on any atom is 0.269 e. The van der Waals surface area contributed by atoms with Crippen molar-refractivity contribution in [3.05, 3.63) is 39.9 Å². The Hall–Kier alpha value is -1.95. The van der Waals surface area contributed by atoms with Crippen molar-refractivity contribution in [2.45, 2.75) is 26.8 Å². The van der Waals surface area contributed by atoms with Crippen LogP contribution >= 0.6 is 0 Å². The maximum atomic E-state index is 11.6. The number of carbonyl (C=O) groups excluding carboxylic acids is 1. The summed E-state index contributed by atoms with van der Waals surface area (Å²) >= 11 is 0. The molecule has 0 aliphatic rings. The van der Waals surface area contributed by atoms with E-state index in [4.69, 9.17) is 0 Å². The van der Waals surface area contributed by atoms with Crippen molar-refractivity contribution in [3.8, 4) is 0 Å². The summed E-state index contributed by atoms with van der Waals surface area (Å²) in [5.74, 6) is 0.374. The van der Waals surface area contributed by atoms with Crippen LogP contribution in [0.1, 0.15) is 32.4 Å². The fourth-order valence-electron chi connectivity index (χ4n) is 1.63. The zero-order valence-corrected chi connectivity index (χ0v) is 12.1. The lowest BCUT2D eigenvalue weighted by Crippen LogP contribution is -2.36. The van der Waals surface area contributed by atoms with Gasteiger partial charge in [0.25, 0.3) is 5.69 Å². The van der Waals surface area contributed by atoms with E-state index in [-0.39, 0.29) is 24.2 Å². The zero-order chi connectivity index (χ0) is 15.1. The number of hydrogen-bond acceptors (Lipinski definition) is 4. The number of hydrogen-bond donors (Lipinski definition) is 2. The van der Waals surface area contributed by atoms with E-state index in [1.165, 1.54) is 12.1 Å². The second-order valence-corrected chi connectivity index (χ2v) is 5.15. The Morgan fingerprint density at radius 3 is 2.35 bits per heavy atom. The van der Waals surface area contributed by atoms with Gasteiger partial charge in [-0.05, 0) is 18.4 Å². The first kappa shape index (κ1) is 16.1. The van der Waals surface area contributed by atoms with Gasteiger partial charge in [-0.2, -0.15) is 0 Å². The molecule has 2 N–H and O–H groups in total. The summed E-state index contributed by atoms with van der Waals surface area (Å²) in [6.45, 7) is 6.87. The first-order valence-electron chi connectivity index (χ1n) is 6.64. The van der Waals surface area contributed by atoms with Crippen molar-refractivity contribution in [2.75, 3.05) is 13.1 Å². The number of nitro groups is 1. The van der Waals surface area contributed by atoms with Gasteiger partial charge in [-0.15, -0.1) is 0 Å². The van der Waals surface area contributed by atoms with Crippen LogP contribution in [0, 0.1) is 16.0 Å². The lowest BCUT2D eigenvalue weighted by Gasteiger charge is -2.14. The van der Waals surface area contributed by atoms with Gasteiger partial charge in [-0.25, -0.2) is 0 Å². The molecule has 6 nitrogen and oxygen atoms in total. The number of amides is 1. The molecule has 1 aromatic rings. The zero-order valence-electron chi connectivity index (χ0n) is 12.1. The van der Waals surface area contributed by atoms with E-state index in [9.17, 15) is 14.9 Å². The molecule has 1 unspecified atom stereocenters. The number of carbonyl (C=O) groups is 1. The molecule has 0 radical (unpaired) electrons. The van der Waals surface area contributed by atoms with Crippen LogP contribution in [-0.4, -0.2) is 23.9 Å². The molecule has 0 aliphatic carbocycles. The van der Waals surface area contributed by atoms with Crippen LogP contribution in [0.15, 0.2) is 24.3 Å². The Labute approximate surface area is 118 Å². The molecule has 6 heteroatoms. The van der Waals surface area contributed by atoms with Crippen LogP contribution in [0.5, 0.6) is 0 Å². The molecule has 20 heavy (non-hydrogen) atoms.